The van der Waals surface area contributed by atoms with Crippen molar-refractivity contribution in [3.8, 4) is 5.75 Å². The quantitative estimate of drug-likeness (QED) is 0.734. The molecule has 0 aromatic heterocycles. The molecule has 0 bridgehead atoms. The summed E-state index contributed by atoms with van der Waals surface area (Å²) in [6, 6.07) is 11.5. The van der Waals surface area contributed by atoms with E-state index in [1.807, 2.05) is 0 Å². The summed E-state index contributed by atoms with van der Waals surface area (Å²) in [5, 5.41) is 2.93. The predicted octanol–water partition coefficient (Wildman–Crippen LogP) is 3.65. The van der Waals surface area contributed by atoms with Gasteiger partial charge in [0.15, 0.2) is 5.78 Å². The average Bonchev–Trinajstić information content (AvgIpc) is 2.65. The summed E-state index contributed by atoms with van der Waals surface area (Å²) < 4.78 is 5.09. The molecule has 0 fully saturated rings. The number of carbonyl (C=O) groups excluding carboxylic acids is 3. The molecule has 0 saturated heterocycles. The first-order valence-electron chi connectivity index (χ1n) is 8.30. The molecule has 142 valence electrons. The number of nitrogens with one attached hydrogen (secondary N) is 1. The second-order valence-corrected chi connectivity index (χ2v) is 6.50. The predicted molar refractivity (Wildman–Crippen MR) is 105 cm³/mol. The summed E-state index contributed by atoms with van der Waals surface area (Å²) in [6.07, 6.45) is 0.107. The first kappa shape index (κ1) is 20.5. The highest BCUT2D eigenvalue weighted by Gasteiger charge is 2.14. The van der Waals surface area contributed by atoms with Crippen molar-refractivity contribution in [1.82, 2.24) is 4.90 Å². The number of methoxy groups -OCH3 is 1. The summed E-state index contributed by atoms with van der Waals surface area (Å²) >= 11 is 6.12. The van der Waals surface area contributed by atoms with Crippen LogP contribution in [-0.2, 0) is 4.79 Å². The van der Waals surface area contributed by atoms with Gasteiger partial charge in [0.05, 0.1) is 17.7 Å². The Hall–Kier alpha value is -2.86. The smallest absolute Gasteiger partial charge is 0.254 e. The maximum Gasteiger partial charge on any atom is 0.254 e. The van der Waals surface area contributed by atoms with Gasteiger partial charge in [0.2, 0.25) is 5.91 Å². The molecule has 2 amide bonds. The third-order valence-electron chi connectivity index (χ3n) is 3.86. The molecular formula is C20H21ClN2O4. The Kier molecular flexibility index (Phi) is 6.96. The Bertz CT molecular complexity index is 865. The van der Waals surface area contributed by atoms with Gasteiger partial charge in [0, 0.05) is 38.2 Å². The van der Waals surface area contributed by atoms with Crippen LogP contribution in [0, 0.1) is 0 Å². The van der Waals surface area contributed by atoms with Gasteiger partial charge < -0.3 is 15.0 Å². The summed E-state index contributed by atoms with van der Waals surface area (Å²) in [7, 11) is 4.79. The van der Waals surface area contributed by atoms with Gasteiger partial charge in [-0.3, -0.25) is 14.4 Å². The van der Waals surface area contributed by atoms with Crippen LogP contribution in [0.4, 0.5) is 5.69 Å². The molecule has 0 aliphatic rings. The van der Waals surface area contributed by atoms with Gasteiger partial charge in [-0.1, -0.05) is 23.7 Å². The summed E-state index contributed by atoms with van der Waals surface area (Å²) in [5.74, 6) is -0.0860. The highest BCUT2D eigenvalue weighted by atomic mass is 35.5. The SMILES string of the molecule is COc1cccc(C(=O)CCC(=O)Nc2ccc(C(=O)N(C)C)c(Cl)c2)c1. The lowest BCUT2D eigenvalue weighted by Crippen LogP contribution is -2.22. The second kappa shape index (κ2) is 9.19. The molecule has 0 radical (unpaired) electrons. The number of carbonyl (C=O) groups is 3. The molecule has 7 heteroatoms. The molecule has 6 nitrogen and oxygen atoms in total. The Morgan fingerprint density at radius 3 is 2.44 bits per heavy atom. The van der Waals surface area contributed by atoms with E-state index in [1.54, 1.807) is 50.5 Å². The van der Waals surface area contributed by atoms with Crippen LogP contribution >= 0.6 is 11.6 Å². The van der Waals surface area contributed by atoms with Crippen molar-refractivity contribution in [3.63, 3.8) is 0 Å². The van der Waals surface area contributed by atoms with Crippen molar-refractivity contribution < 1.29 is 19.1 Å². The molecule has 2 rings (SSSR count). The molecule has 1 N–H and O–H groups in total. The topological polar surface area (TPSA) is 75.7 Å². The molecule has 0 unspecified atom stereocenters. The zero-order valence-corrected chi connectivity index (χ0v) is 16.2. The van der Waals surface area contributed by atoms with Crippen LogP contribution in [0.15, 0.2) is 42.5 Å². The van der Waals surface area contributed by atoms with Crippen molar-refractivity contribution >= 4 is 34.9 Å². The van der Waals surface area contributed by atoms with Crippen LogP contribution in [0.3, 0.4) is 0 Å². The van der Waals surface area contributed by atoms with Crippen molar-refractivity contribution in [2.24, 2.45) is 0 Å². The van der Waals surface area contributed by atoms with Gasteiger partial charge in [-0.05, 0) is 30.3 Å². The van der Waals surface area contributed by atoms with Gasteiger partial charge in [-0.2, -0.15) is 0 Å². The maximum atomic E-state index is 12.2. The van der Waals surface area contributed by atoms with Crippen LogP contribution < -0.4 is 10.1 Å². The number of amides is 2. The number of halogens is 1. The van der Waals surface area contributed by atoms with Crippen molar-refractivity contribution in [1.29, 1.82) is 0 Å². The molecule has 0 spiro atoms. The third-order valence-corrected chi connectivity index (χ3v) is 4.17. The van der Waals surface area contributed by atoms with Crippen LogP contribution in [-0.4, -0.2) is 43.7 Å². The number of ketones is 1. The third kappa shape index (κ3) is 5.56. The molecular weight excluding hydrogens is 368 g/mol. The number of anilines is 1. The zero-order chi connectivity index (χ0) is 20.0. The second-order valence-electron chi connectivity index (χ2n) is 6.10. The number of hydrogen-bond donors (Lipinski definition) is 1. The fourth-order valence-corrected chi connectivity index (χ4v) is 2.66. The van der Waals surface area contributed by atoms with E-state index < -0.39 is 0 Å². The summed E-state index contributed by atoms with van der Waals surface area (Å²) in [5.41, 5.74) is 1.32. The standard InChI is InChI=1S/C20H21ClN2O4/c1-23(2)20(26)16-8-7-14(12-17(16)21)22-19(25)10-9-18(24)13-5-4-6-15(11-13)27-3/h4-8,11-12H,9-10H2,1-3H3,(H,22,25). The fraction of sp³-hybridized carbons (Fsp3) is 0.250. The monoisotopic (exact) mass is 388 g/mol. The molecule has 0 aliphatic heterocycles. The number of ether oxygens (including phenoxy) is 1. The minimum Gasteiger partial charge on any atom is -0.497 e. The molecule has 2 aromatic rings. The molecule has 0 saturated carbocycles. The molecule has 27 heavy (non-hydrogen) atoms. The van der Waals surface area contributed by atoms with E-state index >= 15 is 0 Å². The minimum atomic E-state index is -0.311. The van der Waals surface area contributed by atoms with Crippen LogP contribution in [0.5, 0.6) is 5.75 Å². The maximum absolute atomic E-state index is 12.2. The number of nitrogens with zero attached hydrogens (tertiary/aromatic N) is 1. The van der Waals surface area contributed by atoms with E-state index in [9.17, 15) is 14.4 Å². The Labute approximate surface area is 163 Å². The molecule has 0 heterocycles. The Morgan fingerprint density at radius 2 is 1.81 bits per heavy atom. The molecule has 0 atom stereocenters. The number of benzene rings is 2. The van der Waals surface area contributed by atoms with E-state index in [0.29, 0.717) is 22.6 Å². The zero-order valence-electron chi connectivity index (χ0n) is 15.4. The lowest BCUT2D eigenvalue weighted by molar-refractivity contribution is -0.116. The Morgan fingerprint density at radius 1 is 1.07 bits per heavy atom. The summed E-state index contributed by atoms with van der Waals surface area (Å²) in [6.45, 7) is 0. The van der Waals surface area contributed by atoms with Gasteiger partial charge in [0.25, 0.3) is 5.91 Å². The van der Waals surface area contributed by atoms with Crippen LogP contribution in [0.1, 0.15) is 33.6 Å². The van der Waals surface area contributed by atoms with Crippen molar-refractivity contribution in [2.75, 3.05) is 26.5 Å². The van der Waals surface area contributed by atoms with E-state index in [1.165, 1.54) is 18.1 Å². The van der Waals surface area contributed by atoms with Crippen LogP contribution in [0.2, 0.25) is 5.02 Å². The highest BCUT2D eigenvalue weighted by Crippen LogP contribution is 2.22. The molecule has 2 aromatic carbocycles. The normalized spacial score (nSPS) is 10.2. The van der Waals surface area contributed by atoms with E-state index in [-0.39, 0.29) is 35.5 Å². The van der Waals surface area contributed by atoms with Gasteiger partial charge in [0.1, 0.15) is 5.75 Å². The lowest BCUT2D eigenvalue weighted by Gasteiger charge is -2.12. The van der Waals surface area contributed by atoms with E-state index in [0.717, 1.165) is 0 Å². The van der Waals surface area contributed by atoms with Crippen molar-refractivity contribution in [2.45, 2.75) is 12.8 Å². The average molecular weight is 389 g/mol. The largest absolute Gasteiger partial charge is 0.497 e. The molecule has 0 aliphatic carbocycles. The number of hydrogen-bond acceptors (Lipinski definition) is 4. The number of Topliss-reactive ketones (excluding diaryl/α,β-unsaturated/α-hetero) is 1. The van der Waals surface area contributed by atoms with E-state index in [2.05, 4.69) is 5.32 Å². The minimum absolute atomic E-state index is 0.0338. The lowest BCUT2D eigenvalue weighted by atomic mass is 10.1. The first-order valence-corrected chi connectivity index (χ1v) is 8.68. The highest BCUT2D eigenvalue weighted by molar-refractivity contribution is 6.34. The van der Waals surface area contributed by atoms with Gasteiger partial charge >= 0.3 is 0 Å². The fourth-order valence-electron chi connectivity index (χ4n) is 2.40. The van der Waals surface area contributed by atoms with Gasteiger partial charge in [-0.15, -0.1) is 0 Å². The van der Waals surface area contributed by atoms with Gasteiger partial charge in [-0.25, -0.2) is 0 Å². The Balaban J connectivity index is 1.94. The summed E-state index contributed by atoms with van der Waals surface area (Å²) in [4.78, 5) is 37.7. The van der Waals surface area contributed by atoms with Crippen LogP contribution in [0.25, 0.3) is 0 Å². The van der Waals surface area contributed by atoms with E-state index in [4.69, 9.17) is 16.3 Å². The first-order chi connectivity index (χ1) is 12.8. The number of rotatable bonds is 7. The van der Waals surface area contributed by atoms with Crippen molar-refractivity contribution in [3.05, 3.63) is 58.6 Å².